The number of fused-ring (bicyclic) bond motifs is 2. The second-order valence-corrected chi connectivity index (χ2v) is 5.82. The molecule has 0 radical (unpaired) electrons. The van der Waals surface area contributed by atoms with Crippen molar-refractivity contribution in [1.82, 2.24) is 4.98 Å². The molecule has 3 unspecified atom stereocenters. The summed E-state index contributed by atoms with van der Waals surface area (Å²) in [4.78, 5) is 4.23. The van der Waals surface area contributed by atoms with Crippen molar-refractivity contribution in [3.05, 3.63) is 17.3 Å². The molecule has 1 heterocycles. The molecule has 3 atom stereocenters. The van der Waals surface area contributed by atoms with Crippen LogP contribution < -0.4 is 11.1 Å². The fourth-order valence-corrected chi connectivity index (χ4v) is 3.68. The van der Waals surface area contributed by atoms with Gasteiger partial charge in [-0.3, -0.25) is 0 Å². The molecule has 2 aliphatic rings. The Balaban J connectivity index is 1.60. The summed E-state index contributed by atoms with van der Waals surface area (Å²) < 4.78 is 0. The Morgan fingerprint density at radius 1 is 1.41 bits per heavy atom. The quantitative estimate of drug-likeness (QED) is 0.868. The number of nitrogen functional groups attached to an aromatic ring is 1. The number of nitrogens with two attached hydrogens (primary N) is 1. The van der Waals surface area contributed by atoms with Gasteiger partial charge < -0.3 is 11.1 Å². The Morgan fingerprint density at radius 3 is 2.94 bits per heavy atom. The fourth-order valence-electron chi connectivity index (χ4n) is 3.44. The summed E-state index contributed by atoms with van der Waals surface area (Å²) >= 11 is 6.09. The number of pyridine rings is 1. The molecule has 2 saturated carbocycles. The SMILES string of the molecule is Nc1cnc(NCC2CC3CCC2C3)c(Cl)c1. The van der Waals surface area contributed by atoms with Crippen molar-refractivity contribution < 1.29 is 0 Å². The molecule has 0 saturated heterocycles. The average molecular weight is 252 g/mol. The van der Waals surface area contributed by atoms with E-state index < -0.39 is 0 Å². The number of nitrogens with zero attached hydrogens (tertiary/aromatic N) is 1. The third-order valence-corrected chi connectivity index (χ3v) is 4.57. The van der Waals surface area contributed by atoms with Crippen LogP contribution in [0.1, 0.15) is 25.7 Å². The van der Waals surface area contributed by atoms with E-state index in [9.17, 15) is 0 Å². The van der Waals surface area contributed by atoms with Crippen LogP contribution in [0.3, 0.4) is 0 Å². The van der Waals surface area contributed by atoms with Crippen molar-refractivity contribution in [2.45, 2.75) is 25.7 Å². The van der Waals surface area contributed by atoms with Gasteiger partial charge in [-0.1, -0.05) is 18.0 Å². The normalized spacial score (nSPS) is 30.8. The number of anilines is 2. The minimum absolute atomic E-state index is 0.612. The number of hydrogen-bond acceptors (Lipinski definition) is 3. The number of halogens is 1. The van der Waals surface area contributed by atoms with E-state index in [1.165, 1.54) is 25.7 Å². The molecule has 1 aromatic heterocycles. The van der Waals surface area contributed by atoms with Crippen molar-refractivity contribution >= 4 is 23.1 Å². The lowest BCUT2D eigenvalue weighted by Crippen LogP contribution is -2.20. The summed E-state index contributed by atoms with van der Waals surface area (Å²) in [5, 5.41) is 3.99. The summed E-state index contributed by atoms with van der Waals surface area (Å²) in [6, 6.07) is 1.75. The van der Waals surface area contributed by atoms with Gasteiger partial charge in [0.1, 0.15) is 5.82 Å². The highest BCUT2D eigenvalue weighted by Crippen LogP contribution is 2.48. The van der Waals surface area contributed by atoms with Crippen LogP contribution in [0.2, 0.25) is 5.02 Å². The third kappa shape index (κ3) is 2.21. The first-order valence-electron chi connectivity index (χ1n) is 6.37. The number of nitrogens with one attached hydrogen (secondary N) is 1. The van der Waals surface area contributed by atoms with Gasteiger partial charge in [0.15, 0.2) is 0 Å². The van der Waals surface area contributed by atoms with E-state index in [1.54, 1.807) is 12.3 Å². The molecule has 3 nitrogen and oxygen atoms in total. The van der Waals surface area contributed by atoms with Crippen LogP contribution in [0.15, 0.2) is 12.3 Å². The third-order valence-electron chi connectivity index (χ3n) is 4.28. The molecule has 2 aliphatic carbocycles. The minimum Gasteiger partial charge on any atom is -0.397 e. The van der Waals surface area contributed by atoms with Crippen LogP contribution in [0.5, 0.6) is 0 Å². The van der Waals surface area contributed by atoms with Crippen LogP contribution in [0, 0.1) is 17.8 Å². The average Bonchev–Trinajstić information content (AvgIpc) is 2.89. The fraction of sp³-hybridized carbons (Fsp3) is 0.615. The van der Waals surface area contributed by atoms with Gasteiger partial charge >= 0.3 is 0 Å². The van der Waals surface area contributed by atoms with Crippen LogP contribution >= 0.6 is 11.6 Å². The first-order valence-corrected chi connectivity index (χ1v) is 6.75. The van der Waals surface area contributed by atoms with Crippen molar-refractivity contribution in [3.8, 4) is 0 Å². The molecule has 17 heavy (non-hydrogen) atoms. The summed E-state index contributed by atoms with van der Waals surface area (Å²) in [6.07, 6.45) is 7.33. The summed E-state index contributed by atoms with van der Waals surface area (Å²) in [7, 11) is 0. The molecule has 0 aromatic carbocycles. The summed E-state index contributed by atoms with van der Waals surface area (Å²) in [5.41, 5.74) is 6.23. The Bertz CT molecular complexity index is 421. The minimum atomic E-state index is 0.612. The zero-order valence-electron chi connectivity index (χ0n) is 9.82. The second kappa shape index (κ2) is 4.37. The zero-order chi connectivity index (χ0) is 11.8. The van der Waals surface area contributed by atoms with E-state index >= 15 is 0 Å². The predicted octanol–water partition coefficient (Wildman–Crippen LogP) is 3.17. The van der Waals surface area contributed by atoms with Crippen molar-refractivity contribution in [1.29, 1.82) is 0 Å². The number of aromatic nitrogens is 1. The van der Waals surface area contributed by atoms with E-state index in [2.05, 4.69) is 10.3 Å². The molecule has 3 rings (SSSR count). The van der Waals surface area contributed by atoms with E-state index in [0.29, 0.717) is 10.7 Å². The lowest BCUT2D eigenvalue weighted by Gasteiger charge is -2.22. The molecule has 1 aromatic rings. The topological polar surface area (TPSA) is 50.9 Å². The lowest BCUT2D eigenvalue weighted by molar-refractivity contribution is 0.348. The largest absolute Gasteiger partial charge is 0.397 e. The zero-order valence-corrected chi connectivity index (χ0v) is 10.6. The molecule has 2 bridgehead atoms. The van der Waals surface area contributed by atoms with Gasteiger partial charge in [-0.2, -0.15) is 0 Å². The first kappa shape index (κ1) is 11.1. The van der Waals surface area contributed by atoms with Gasteiger partial charge in [0.25, 0.3) is 0 Å². The van der Waals surface area contributed by atoms with Crippen LogP contribution in [-0.2, 0) is 0 Å². The predicted molar refractivity (Wildman–Crippen MR) is 71.1 cm³/mol. The molecule has 4 heteroatoms. The van der Waals surface area contributed by atoms with E-state index in [1.807, 2.05) is 0 Å². The monoisotopic (exact) mass is 251 g/mol. The van der Waals surface area contributed by atoms with Crippen molar-refractivity contribution in [2.75, 3.05) is 17.6 Å². The summed E-state index contributed by atoms with van der Waals surface area (Å²) in [6.45, 7) is 0.998. The molecule has 2 fully saturated rings. The molecule has 0 amide bonds. The van der Waals surface area contributed by atoms with Gasteiger partial charge in [-0.15, -0.1) is 0 Å². The Hall–Kier alpha value is -0.960. The molecule has 3 N–H and O–H groups in total. The van der Waals surface area contributed by atoms with Crippen molar-refractivity contribution in [3.63, 3.8) is 0 Å². The lowest BCUT2D eigenvalue weighted by atomic mass is 9.89. The van der Waals surface area contributed by atoms with E-state index in [0.717, 1.165) is 30.1 Å². The number of rotatable bonds is 3. The van der Waals surface area contributed by atoms with Gasteiger partial charge in [0.2, 0.25) is 0 Å². The Kier molecular flexibility index (Phi) is 2.87. The second-order valence-electron chi connectivity index (χ2n) is 5.41. The van der Waals surface area contributed by atoms with E-state index in [-0.39, 0.29) is 0 Å². The van der Waals surface area contributed by atoms with Crippen LogP contribution in [-0.4, -0.2) is 11.5 Å². The van der Waals surface area contributed by atoms with Gasteiger partial charge in [-0.25, -0.2) is 4.98 Å². The van der Waals surface area contributed by atoms with Crippen LogP contribution in [0.4, 0.5) is 11.5 Å². The summed E-state index contributed by atoms with van der Waals surface area (Å²) in [5.74, 6) is 3.49. The smallest absolute Gasteiger partial charge is 0.144 e. The van der Waals surface area contributed by atoms with E-state index in [4.69, 9.17) is 17.3 Å². The highest BCUT2D eigenvalue weighted by Gasteiger charge is 2.39. The molecule has 0 spiro atoms. The molecule has 0 aliphatic heterocycles. The highest BCUT2D eigenvalue weighted by atomic mass is 35.5. The highest BCUT2D eigenvalue weighted by molar-refractivity contribution is 6.33. The van der Waals surface area contributed by atoms with Crippen LogP contribution in [0.25, 0.3) is 0 Å². The molecular formula is C13H18ClN3. The first-order chi connectivity index (χ1) is 8.22. The maximum atomic E-state index is 6.09. The van der Waals surface area contributed by atoms with Crippen molar-refractivity contribution in [2.24, 2.45) is 17.8 Å². The van der Waals surface area contributed by atoms with Gasteiger partial charge in [0.05, 0.1) is 16.9 Å². The number of hydrogen-bond donors (Lipinski definition) is 2. The standard InChI is InChI=1S/C13H18ClN3/c14-12-5-11(15)7-17-13(12)16-6-10-4-8-1-2-9(10)3-8/h5,7-10H,1-4,6,15H2,(H,16,17). The van der Waals surface area contributed by atoms with Gasteiger partial charge in [0, 0.05) is 6.54 Å². The maximum absolute atomic E-state index is 6.09. The Labute approximate surface area is 107 Å². The molecule has 92 valence electrons. The Morgan fingerprint density at radius 2 is 2.29 bits per heavy atom. The molecular weight excluding hydrogens is 234 g/mol. The maximum Gasteiger partial charge on any atom is 0.144 e. The van der Waals surface area contributed by atoms with Gasteiger partial charge in [-0.05, 0) is 43.1 Å².